The fraction of sp³-hybridized carbons (Fsp3) is 0.364. The Morgan fingerprint density at radius 1 is 1.04 bits per heavy atom. The number of amides is 1. The van der Waals surface area contributed by atoms with Crippen LogP contribution in [-0.2, 0) is 11.3 Å². The van der Waals surface area contributed by atoms with E-state index in [0.717, 1.165) is 22.4 Å². The molecule has 0 saturated heterocycles. The van der Waals surface area contributed by atoms with Crippen molar-refractivity contribution in [3.8, 4) is 23.3 Å². The number of aryl methyl sites for hydroxylation is 2. The van der Waals surface area contributed by atoms with Gasteiger partial charge in [0.1, 0.15) is 25.4 Å². The van der Waals surface area contributed by atoms with Crippen LogP contribution in [0.25, 0.3) is 0 Å². The van der Waals surface area contributed by atoms with Crippen molar-refractivity contribution in [2.75, 3.05) is 19.8 Å². The summed E-state index contributed by atoms with van der Waals surface area (Å²) in [6.45, 7) is 7.57. The van der Waals surface area contributed by atoms with Crippen molar-refractivity contribution in [2.45, 2.75) is 33.7 Å². The number of nitriles is 1. The Labute approximate surface area is 166 Å². The van der Waals surface area contributed by atoms with E-state index in [0.29, 0.717) is 37.9 Å². The second kappa shape index (κ2) is 10.8. The fourth-order valence-corrected chi connectivity index (χ4v) is 2.71. The summed E-state index contributed by atoms with van der Waals surface area (Å²) in [5.41, 5.74) is 3.06. The van der Waals surface area contributed by atoms with E-state index in [2.05, 4.69) is 5.32 Å². The highest BCUT2D eigenvalue weighted by Crippen LogP contribution is 2.29. The zero-order valence-electron chi connectivity index (χ0n) is 16.6. The molecule has 0 atom stereocenters. The number of carbonyl (C=O) groups is 1. The van der Waals surface area contributed by atoms with E-state index in [1.54, 1.807) is 0 Å². The maximum atomic E-state index is 11.4. The molecule has 0 aliphatic heterocycles. The molecule has 0 saturated carbocycles. The van der Waals surface area contributed by atoms with Gasteiger partial charge in [0.05, 0.1) is 12.7 Å². The van der Waals surface area contributed by atoms with Crippen LogP contribution in [0.4, 0.5) is 0 Å². The number of hydrogen-bond donors (Lipinski definition) is 1. The van der Waals surface area contributed by atoms with Crippen molar-refractivity contribution in [3.63, 3.8) is 0 Å². The van der Waals surface area contributed by atoms with Gasteiger partial charge >= 0.3 is 0 Å². The summed E-state index contributed by atoms with van der Waals surface area (Å²) in [6.07, 6.45) is -0.153. The van der Waals surface area contributed by atoms with Crippen molar-refractivity contribution in [1.29, 1.82) is 5.26 Å². The molecular formula is C22H26N2O4. The lowest BCUT2D eigenvalue weighted by Crippen LogP contribution is -2.21. The quantitative estimate of drug-likeness (QED) is 0.634. The van der Waals surface area contributed by atoms with Crippen LogP contribution in [0.3, 0.4) is 0 Å². The van der Waals surface area contributed by atoms with Crippen molar-refractivity contribution >= 4 is 5.91 Å². The SMILES string of the molecule is CCOc1cc(CNC(=O)CC#N)ccc1OCCOc1c(C)cccc1C. The number of para-hydroxylation sites is 1. The van der Waals surface area contributed by atoms with E-state index < -0.39 is 0 Å². The zero-order valence-corrected chi connectivity index (χ0v) is 16.6. The average molecular weight is 382 g/mol. The molecule has 0 unspecified atom stereocenters. The summed E-state index contributed by atoms with van der Waals surface area (Å²) in [5, 5.41) is 11.2. The van der Waals surface area contributed by atoms with Gasteiger partial charge in [0.2, 0.25) is 5.91 Å². The van der Waals surface area contributed by atoms with E-state index in [-0.39, 0.29) is 12.3 Å². The summed E-state index contributed by atoms with van der Waals surface area (Å²) in [7, 11) is 0. The Morgan fingerprint density at radius 2 is 1.75 bits per heavy atom. The van der Waals surface area contributed by atoms with Gasteiger partial charge in [-0.15, -0.1) is 0 Å². The third-order valence-electron chi connectivity index (χ3n) is 4.03. The molecule has 6 heteroatoms. The molecule has 6 nitrogen and oxygen atoms in total. The van der Waals surface area contributed by atoms with E-state index in [4.69, 9.17) is 19.5 Å². The van der Waals surface area contributed by atoms with Crippen molar-refractivity contribution in [3.05, 3.63) is 53.1 Å². The first-order chi connectivity index (χ1) is 13.5. The maximum absolute atomic E-state index is 11.4. The number of hydrogen-bond acceptors (Lipinski definition) is 5. The summed E-state index contributed by atoms with van der Waals surface area (Å²) in [6, 6.07) is 13.4. The van der Waals surface area contributed by atoms with Gasteiger partial charge in [0.25, 0.3) is 0 Å². The first-order valence-corrected chi connectivity index (χ1v) is 9.26. The average Bonchev–Trinajstić information content (AvgIpc) is 2.67. The molecule has 28 heavy (non-hydrogen) atoms. The van der Waals surface area contributed by atoms with Crippen molar-refractivity contribution in [2.24, 2.45) is 0 Å². The lowest BCUT2D eigenvalue weighted by atomic mass is 10.1. The number of rotatable bonds is 10. The first-order valence-electron chi connectivity index (χ1n) is 9.26. The van der Waals surface area contributed by atoms with Gasteiger partial charge in [-0.1, -0.05) is 24.3 Å². The molecule has 148 valence electrons. The Kier molecular flexibility index (Phi) is 8.16. The molecule has 0 spiro atoms. The number of nitrogens with one attached hydrogen (secondary N) is 1. The predicted molar refractivity (Wildman–Crippen MR) is 107 cm³/mol. The summed E-state index contributed by atoms with van der Waals surface area (Å²) in [5.74, 6) is 1.82. The van der Waals surface area contributed by atoms with Gasteiger partial charge in [-0.2, -0.15) is 5.26 Å². The molecule has 0 aliphatic carbocycles. The molecule has 2 aromatic carbocycles. The van der Waals surface area contributed by atoms with Crippen LogP contribution in [0.5, 0.6) is 17.2 Å². The first kappa shape index (κ1) is 21.1. The fourth-order valence-electron chi connectivity index (χ4n) is 2.71. The van der Waals surface area contributed by atoms with Crippen LogP contribution < -0.4 is 19.5 Å². The van der Waals surface area contributed by atoms with Crippen LogP contribution in [-0.4, -0.2) is 25.7 Å². The van der Waals surface area contributed by atoms with Gasteiger partial charge in [0.15, 0.2) is 11.5 Å². The largest absolute Gasteiger partial charge is 0.490 e. The second-order valence-corrected chi connectivity index (χ2v) is 6.24. The van der Waals surface area contributed by atoms with Gasteiger partial charge in [-0.25, -0.2) is 0 Å². The zero-order chi connectivity index (χ0) is 20.4. The van der Waals surface area contributed by atoms with Gasteiger partial charge < -0.3 is 19.5 Å². The molecule has 0 radical (unpaired) electrons. The predicted octanol–water partition coefficient (Wildman–Crippen LogP) is 3.69. The highest BCUT2D eigenvalue weighted by atomic mass is 16.5. The highest BCUT2D eigenvalue weighted by Gasteiger charge is 2.09. The van der Waals surface area contributed by atoms with Crippen LogP contribution in [0.2, 0.25) is 0 Å². The van der Waals surface area contributed by atoms with Crippen LogP contribution >= 0.6 is 0 Å². The molecule has 0 heterocycles. The maximum Gasteiger partial charge on any atom is 0.234 e. The molecule has 2 rings (SSSR count). The Hall–Kier alpha value is -3.20. The molecule has 2 aromatic rings. The number of nitrogens with zero attached hydrogens (tertiary/aromatic N) is 1. The molecule has 0 aromatic heterocycles. The monoisotopic (exact) mass is 382 g/mol. The van der Waals surface area contributed by atoms with Crippen molar-refractivity contribution in [1.82, 2.24) is 5.32 Å². The van der Waals surface area contributed by atoms with Crippen LogP contribution in [0, 0.1) is 25.2 Å². The van der Waals surface area contributed by atoms with E-state index >= 15 is 0 Å². The minimum atomic E-state index is -0.301. The van der Waals surface area contributed by atoms with Crippen LogP contribution in [0.15, 0.2) is 36.4 Å². The summed E-state index contributed by atoms with van der Waals surface area (Å²) in [4.78, 5) is 11.4. The van der Waals surface area contributed by atoms with Crippen LogP contribution in [0.1, 0.15) is 30.0 Å². The highest BCUT2D eigenvalue weighted by molar-refractivity contribution is 5.77. The van der Waals surface area contributed by atoms with Crippen molar-refractivity contribution < 1.29 is 19.0 Å². The molecular weight excluding hydrogens is 356 g/mol. The lowest BCUT2D eigenvalue weighted by molar-refractivity contribution is -0.120. The Bertz CT molecular complexity index is 823. The standard InChI is InChI=1S/C22H26N2O4/c1-4-26-20-14-18(15-24-21(25)10-11-23)8-9-19(20)27-12-13-28-22-16(2)6-5-7-17(22)3/h5-9,14H,4,10,12-13,15H2,1-3H3,(H,24,25). The second-order valence-electron chi connectivity index (χ2n) is 6.24. The Morgan fingerprint density at radius 3 is 2.43 bits per heavy atom. The smallest absolute Gasteiger partial charge is 0.234 e. The van der Waals surface area contributed by atoms with E-state index in [1.807, 2.05) is 63.2 Å². The number of benzene rings is 2. The normalized spacial score (nSPS) is 10.1. The molecule has 0 aliphatic rings. The number of carbonyl (C=O) groups excluding carboxylic acids is 1. The van der Waals surface area contributed by atoms with E-state index in [1.165, 1.54) is 0 Å². The van der Waals surface area contributed by atoms with E-state index in [9.17, 15) is 4.79 Å². The third kappa shape index (κ3) is 6.20. The lowest BCUT2D eigenvalue weighted by Gasteiger charge is -2.15. The number of ether oxygens (including phenoxy) is 3. The third-order valence-corrected chi connectivity index (χ3v) is 4.03. The summed E-state index contributed by atoms with van der Waals surface area (Å²) >= 11 is 0. The molecule has 1 N–H and O–H groups in total. The van der Waals surface area contributed by atoms with Gasteiger partial charge in [0, 0.05) is 6.54 Å². The topological polar surface area (TPSA) is 80.6 Å². The molecule has 0 fully saturated rings. The van der Waals surface area contributed by atoms with Gasteiger partial charge in [-0.3, -0.25) is 4.79 Å². The molecule has 1 amide bonds. The summed E-state index contributed by atoms with van der Waals surface area (Å²) < 4.78 is 17.3. The Balaban J connectivity index is 1.93. The molecule has 0 bridgehead atoms. The minimum absolute atomic E-state index is 0.153. The minimum Gasteiger partial charge on any atom is -0.490 e. The van der Waals surface area contributed by atoms with Gasteiger partial charge in [-0.05, 0) is 49.6 Å².